The minimum atomic E-state index is -5.02. The van der Waals surface area contributed by atoms with Crippen molar-refractivity contribution < 1.29 is 37.3 Å². The van der Waals surface area contributed by atoms with Gasteiger partial charge in [0, 0.05) is 24.6 Å². The lowest BCUT2D eigenvalue weighted by Crippen LogP contribution is -2.50. The highest BCUT2D eigenvalue weighted by Crippen LogP contribution is 2.42. The van der Waals surface area contributed by atoms with Crippen LogP contribution in [-0.2, 0) is 38.8 Å². The monoisotopic (exact) mass is 712 g/mol. The van der Waals surface area contributed by atoms with Gasteiger partial charge in [-0.3, -0.25) is 9.59 Å². The van der Waals surface area contributed by atoms with Crippen LogP contribution >= 0.6 is 0 Å². The summed E-state index contributed by atoms with van der Waals surface area (Å²) in [6.45, 7) is 2.66. The third-order valence-corrected chi connectivity index (χ3v) is 10.00. The molecule has 0 unspecified atom stereocenters. The van der Waals surface area contributed by atoms with Gasteiger partial charge in [-0.25, -0.2) is 4.98 Å². The number of carbonyl (C=O) groups is 2. The maximum atomic E-state index is 13.0. The molecule has 4 aromatic carbocycles. The molecule has 2 amide bonds. The number of ether oxygens (including phenoxy) is 2. The Morgan fingerprint density at radius 3 is 2.40 bits per heavy atom. The zero-order valence-corrected chi connectivity index (χ0v) is 28.5. The zero-order chi connectivity index (χ0) is 36.4. The van der Waals surface area contributed by atoms with Gasteiger partial charge in [-0.1, -0.05) is 85.8 Å². The molecule has 0 saturated carbocycles. The average molecular weight is 713 g/mol. The van der Waals surface area contributed by atoms with Gasteiger partial charge in [-0.05, 0) is 58.9 Å². The predicted octanol–water partition coefficient (Wildman–Crippen LogP) is 6.86. The molecule has 9 nitrogen and oxygen atoms in total. The molecule has 1 aromatic heterocycles. The molecule has 7 rings (SSSR count). The molecule has 270 valence electrons. The van der Waals surface area contributed by atoms with Crippen LogP contribution in [-0.4, -0.2) is 56.2 Å². The van der Waals surface area contributed by atoms with Crippen molar-refractivity contribution >= 4 is 22.8 Å². The Balaban J connectivity index is 1.07. The summed E-state index contributed by atoms with van der Waals surface area (Å²) in [5.74, 6) is -2.60. The van der Waals surface area contributed by atoms with E-state index < -0.39 is 30.3 Å². The normalized spacial score (nSPS) is 22.1. The van der Waals surface area contributed by atoms with Crippen LogP contribution in [0.25, 0.3) is 22.2 Å². The number of rotatable bonds is 9. The second-order valence-corrected chi connectivity index (χ2v) is 13.4. The summed E-state index contributed by atoms with van der Waals surface area (Å²) in [6, 6.07) is 30.0. The second kappa shape index (κ2) is 14.9. The maximum Gasteiger partial charge on any atom is 0.471 e. The minimum absolute atomic E-state index is 0.0123. The Bertz CT molecular complexity index is 2030. The summed E-state index contributed by atoms with van der Waals surface area (Å²) in [5, 5.41) is 12.3. The highest BCUT2D eigenvalue weighted by molar-refractivity contribution is 5.90. The van der Waals surface area contributed by atoms with Crippen LogP contribution in [0.1, 0.15) is 54.4 Å². The van der Waals surface area contributed by atoms with Crippen LogP contribution < -0.4 is 5.32 Å². The molecule has 12 heteroatoms. The SMILES string of the molecule is C[C@@H]1[C@H](Cn2cnc3ccccc32)O[C@H](c2ccc(-c3cccc(CNC(=O)[C@@H]4CCCN4C(=O)C(F)(F)F)c3)cc2)O[C@@H]1c1ccc(CO)cc1. The van der Waals surface area contributed by atoms with Crippen LogP contribution in [0, 0.1) is 5.92 Å². The number of halogens is 3. The number of fused-ring (bicyclic) bond motifs is 1. The number of aliphatic hydroxyl groups excluding tert-OH is 1. The number of aliphatic hydroxyl groups is 1. The Kier molecular flexibility index (Phi) is 10.1. The van der Waals surface area contributed by atoms with Gasteiger partial charge < -0.3 is 29.4 Å². The molecule has 0 radical (unpaired) electrons. The van der Waals surface area contributed by atoms with Crippen molar-refractivity contribution in [2.75, 3.05) is 6.54 Å². The number of imidazole rings is 1. The van der Waals surface area contributed by atoms with Gasteiger partial charge >= 0.3 is 12.1 Å². The van der Waals surface area contributed by atoms with E-state index in [0.29, 0.717) is 17.9 Å². The summed E-state index contributed by atoms with van der Waals surface area (Å²) < 4.78 is 54.5. The third kappa shape index (κ3) is 7.45. The van der Waals surface area contributed by atoms with E-state index in [9.17, 15) is 27.9 Å². The molecule has 2 aliphatic heterocycles. The number of amides is 2. The van der Waals surface area contributed by atoms with Gasteiger partial charge in [0.05, 0.1) is 42.7 Å². The first-order valence-electron chi connectivity index (χ1n) is 17.3. The fourth-order valence-corrected chi connectivity index (χ4v) is 7.12. The van der Waals surface area contributed by atoms with Crippen LogP contribution in [0.2, 0.25) is 0 Å². The Morgan fingerprint density at radius 1 is 0.904 bits per heavy atom. The molecular weight excluding hydrogens is 673 g/mol. The molecule has 3 heterocycles. The summed E-state index contributed by atoms with van der Waals surface area (Å²) in [5.41, 5.74) is 7.15. The van der Waals surface area contributed by atoms with Crippen molar-refractivity contribution in [1.82, 2.24) is 19.8 Å². The van der Waals surface area contributed by atoms with E-state index in [-0.39, 0.29) is 44.2 Å². The Morgan fingerprint density at radius 2 is 1.65 bits per heavy atom. The summed E-state index contributed by atoms with van der Waals surface area (Å²) >= 11 is 0. The largest absolute Gasteiger partial charge is 0.471 e. The second-order valence-electron chi connectivity index (χ2n) is 13.4. The van der Waals surface area contributed by atoms with Gasteiger partial charge in [0.2, 0.25) is 5.91 Å². The number of hydrogen-bond acceptors (Lipinski definition) is 6. The number of para-hydroxylation sites is 2. The first-order chi connectivity index (χ1) is 25.1. The van der Waals surface area contributed by atoms with Crippen LogP contribution in [0.15, 0.2) is 103 Å². The van der Waals surface area contributed by atoms with Crippen molar-refractivity contribution in [3.05, 3.63) is 126 Å². The maximum absolute atomic E-state index is 13.0. The molecule has 0 aliphatic carbocycles. The summed E-state index contributed by atoms with van der Waals surface area (Å²) in [6.07, 6.45) is -3.81. The average Bonchev–Trinajstić information content (AvgIpc) is 3.82. The zero-order valence-electron chi connectivity index (χ0n) is 28.5. The molecule has 2 saturated heterocycles. The molecule has 2 fully saturated rings. The smallest absolute Gasteiger partial charge is 0.392 e. The first-order valence-corrected chi connectivity index (χ1v) is 17.3. The van der Waals surface area contributed by atoms with E-state index >= 15 is 0 Å². The number of aromatic nitrogens is 2. The van der Waals surface area contributed by atoms with Crippen LogP contribution in [0.3, 0.4) is 0 Å². The Hall–Kier alpha value is -5.04. The number of hydrogen-bond donors (Lipinski definition) is 2. The fraction of sp³-hybridized carbons (Fsp3) is 0.325. The van der Waals surface area contributed by atoms with Crippen molar-refractivity contribution in [2.45, 2.75) is 70.2 Å². The van der Waals surface area contributed by atoms with Crippen molar-refractivity contribution in [2.24, 2.45) is 5.92 Å². The van der Waals surface area contributed by atoms with E-state index in [1.165, 1.54) is 0 Å². The topological polar surface area (TPSA) is 106 Å². The van der Waals surface area contributed by atoms with Gasteiger partial charge in [-0.15, -0.1) is 0 Å². The van der Waals surface area contributed by atoms with Crippen LogP contribution in [0.4, 0.5) is 13.2 Å². The van der Waals surface area contributed by atoms with Gasteiger partial charge in [0.1, 0.15) is 6.04 Å². The lowest BCUT2D eigenvalue weighted by atomic mass is 9.90. The van der Waals surface area contributed by atoms with Crippen molar-refractivity contribution in [3.8, 4) is 11.1 Å². The highest BCUT2D eigenvalue weighted by Gasteiger charge is 2.47. The molecule has 5 atom stereocenters. The molecule has 2 aliphatic rings. The number of alkyl halides is 3. The minimum Gasteiger partial charge on any atom is -0.392 e. The first kappa shape index (κ1) is 35.4. The predicted molar refractivity (Wildman–Crippen MR) is 187 cm³/mol. The number of nitrogens with one attached hydrogen (secondary N) is 1. The van der Waals surface area contributed by atoms with Crippen molar-refractivity contribution in [1.29, 1.82) is 0 Å². The van der Waals surface area contributed by atoms with Crippen LogP contribution in [0.5, 0.6) is 0 Å². The third-order valence-electron chi connectivity index (χ3n) is 10.00. The molecule has 0 bridgehead atoms. The highest BCUT2D eigenvalue weighted by atomic mass is 19.4. The van der Waals surface area contributed by atoms with E-state index in [1.54, 1.807) is 0 Å². The molecule has 5 aromatic rings. The van der Waals surface area contributed by atoms with Gasteiger partial charge in [0.15, 0.2) is 6.29 Å². The quantitative estimate of drug-likeness (QED) is 0.173. The van der Waals surface area contributed by atoms with Crippen molar-refractivity contribution in [3.63, 3.8) is 0 Å². The fourth-order valence-electron chi connectivity index (χ4n) is 7.12. The number of benzene rings is 4. The van der Waals surface area contributed by atoms with Gasteiger partial charge in [-0.2, -0.15) is 13.2 Å². The molecule has 52 heavy (non-hydrogen) atoms. The summed E-state index contributed by atoms with van der Waals surface area (Å²) in [7, 11) is 0. The van der Waals surface area contributed by atoms with E-state index in [4.69, 9.17) is 9.47 Å². The molecule has 2 N–H and O–H groups in total. The van der Waals surface area contributed by atoms with E-state index in [1.807, 2.05) is 103 Å². The lowest BCUT2D eigenvalue weighted by Gasteiger charge is -2.41. The molecular formula is C40H39F3N4O5. The van der Waals surface area contributed by atoms with E-state index in [2.05, 4.69) is 21.8 Å². The number of nitrogens with zero attached hydrogens (tertiary/aromatic N) is 3. The lowest BCUT2D eigenvalue weighted by molar-refractivity contribution is -0.276. The molecule has 0 spiro atoms. The summed E-state index contributed by atoms with van der Waals surface area (Å²) in [4.78, 5) is 29.8. The van der Waals surface area contributed by atoms with E-state index in [0.717, 1.165) is 44.4 Å². The van der Waals surface area contributed by atoms with Gasteiger partial charge in [0.25, 0.3) is 0 Å². The standard InChI is InChI=1S/C40H39F3N4O5/c1-25-35(22-46-24-45-32-8-2-3-9-33(32)46)51-38(52-36(25)29-13-11-26(23-48)12-14-29)30-17-15-28(16-18-30)31-7-4-6-27(20-31)21-44-37(49)34-10-5-19-47(34)39(50)40(41,42)43/h2-4,6-9,11-18,20,24-25,34-36,38,48H,5,10,19,21-23H2,1H3,(H,44,49)/t25-,34+,35+,36+,38+/m1/s1. The Labute approximate surface area is 299 Å². The number of carbonyl (C=O) groups excluding carboxylic acids is 2. The number of likely N-dealkylation sites (tertiary alicyclic amines) is 1.